The predicted molar refractivity (Wildman–Crippen MR) is 45.6 cm³/mol. The molecule has 4 heteroatoms. The van der Waals surface area contributed by atoms with Crippen LogP contribution >= 0.6 is 0 Å². The van der Waals surface area contributed by atoms with E-state index in [9.17, 15) is 0 Å². The van der Waals surface area contributed by atoms with Crippen LogP contribution in [0.3, 0.4) is 0 Å². The largest absolute Gasteiger partial charge is 0.278 e. The summed E-state index contributed by atoms with van der Waals surface area (Å²) >= 11 is 0. The van der Waals surface area contributed by atoms with Gasteiger partial charge in [0.2, 0.25) is 0 Å². The third-order valence-corrected chi connectivity index (χ3v) is 1.94. The number of nitrogens with one attached hydrogen (secondary N) is 1. The molecule has 0 bridgehead atoms. The summed E-state index contributed by atoms with van der Waals surface area (Å²) in [5, 5.41) is 7.98. The van der Waals surface area contributed by atoms with E-state index in [1.807, 2.05) is 19.1 Å². The number of hydrazine groups is 2. The zero-order chi connectivity index (χ0) is 8.43. The molecule has 0 aliphatic carbocycles. The summed E-state index contributed by atoms with van der Waals surface area (Å²) in [6, 6.07) is 0. The maximum absolute atomic E-state index is 4.31. The van der Waals surface area contributed by atoms with E-state index in [1.54, 1.807) is 5.12 Å². The lowest BCUT2D eigenvalue weighted by atomic mass is 10.1. The second-order valence-electron chi connectivity index (χ2n) is 2.95. The molecule has 0 saturated carbocycles. The third-order valence-electron chi connectivity index (χ3n) is 1.94. The lowest BCUT2D eigenvalue weighted by Gasteiger charge is -2.17. The fourth-order valence-electron chi connectivity index (χ4n) is 1.12. The molecule has 0 fully saturated rings. The lowest BCUT2D eigenvalue weighted by molar-refractivity contribution is 0.164. The maximum atomic E-state index is 4.31. The predicted octanol–water partition coefficient (Wildman–Crippen LogP) is 0.643. The first-order valence-electron chi connectivity index (χ1n) is 3.97. The Hall–Kier alpha value is -0.770. The molecule has 1 heterocycles. The highest BCUT2D eigenvalue weighted by Gasteiger charge is 2.20. The van der Waals surface area contributed by atoms with Crippen LogP contribution in [0, 0.1) is 5.92 Å². The highest BCUT2D eigenvalue weighted by Crippen LogP contribution is 2.10. The standard InChI is InChI=1S/C7H16N4/c1-5-6(2)7-8-11(4)9-10(7)3/h6,9H,5H2,1-4H3. The van der Waals surface area contributed by atoms with Gasteiger partial charge in [-0.05, 0) is 6.42 Å². The molecule has 1 rings (SSSR count). The van der Waals surface area contributed by atoms with Crippen molar-refractivity contribution in [1.82, 2.24) is 15.7 Å². The van der Waals surface area contributed by atoms with Crippen molar-refractivity contribution in [2.45, 2.75) is 20.3 Å². The van der Waals surface area contributed by atoms with Crippen LogP contribution in [0.1, 0.15) is 20.3 Å². The molecule has 1 N–H and O–H groups in total. The van der Waals surface area contributed by atoms with Crippen molar-refractivity contribution in [2.24, 2.45) is 11.0 Å². The summed E-state index contributed by atoms with van der Waals surface area (Å²) in [6.45, 7) is 4.34. The number of hydrogen-bond acceptors (Lipinski definition) is 4. The minimum atomic E-state index is 0.525. The van der Waals surface area contributed by atoms with Gasteiger partial charge in [-0.25, -0.2) is 5.12 Å². The van der Waals surface area contributed by atoms with Gasteiger partial charge in [0.15, 0.2) is 0 Å². The van der Waals surface area contributed by atoms with Crippen LogP contribution < -0.4 is 5.53 Å². The molecule has 0 saturated heterocycles. The fraction of sp³-hybridized carbons (Fsp3) is 0.857. The van der Waals surface area contributed by atoms with Crippen molar-refractivity contribution in [1.29, 1.82) is 0 Å². The van der Waals surface area contributed by atoms with E-state index >= 15 is 0 Å². The molecule has 1 atom stereocenters. The van der Waals surface area contributed by atoms with Gasteiger partial charge in [-0.3, -0.25) is 5.01 Å². The summed E-state index contributed by atoms with van der Waals surface area (Å²) in [7, 11) is 3.88. The van der Waals surface area contributed by atoms with Gasteiger partial charge in [0.25, 0.3) is 0 Å². The number of rotatable bonds is 2. The fourth-order valence-corrected chi connectivity index (χ4v) is 1.12. The highest BCUT2D eigenvalue weighted by molar-refractivity contribution is 5.84. The molecular formula is C7H16N4. The average molecular weight is 156 g/mol. The van der Waals surface area contributed by atoms with Crippen LogP contribution in [0.4, 0.5) is 0 Å². The summed E-state index contributed by atoms with van der Waals surface area (Å²) in [4.78, 5) is 0. The van der Waals surface area contributed by atoms with Crippen molar-refractivity contribution in [3.05, 3.63) is 0 Å². The zero-order valence-corrected chi connectivity index (χ0v) is 7.63. The molecule has 1 aliphatic rings. The number of nitrogens with zero attached hydrogens (tertiary/aromatic N) is 3. The molecule has 0 amide bonds. The van der Waals surface area contributed by atoms with Crippen molar-refractivity contribution in [2.75, 3.05) is 14.1 Å². The molecule has 11 heavy (non-hydrogen) atoms. The van der Waals surface area contributed by atoms with Crippen molar-refractivity contribution in [3.63, 3.8) is 0 Å². The Morgan fingerprint density at radius 1 is 1.55 bits per heavy atom. The molecule has 0 spiro atoms. The van der Waals surface area contributed by atoms with Gasteiger partial charge >= 0.3 is 0 Å². The van der Waals surface area contributed by atoms with Gasteiger partial charge in [0.05, 0.1) is 0 Å². The molecule has 0 aromatic heterocycles. The first-order chi connectivity index (χ1) is 5.15. The van der Waals surface area contributed by atoms with Crippen LogP contribution in [-0.2, 0) is 0 Å². The van der Waals surface area contributed by atoms with E-state index in [4.69, 9.17) is 0 Å². The molecular weight excluding hydrogens is 140 g/mol. The summed E-state index contributed by atoms with van der Waals surface area (Å²) in [5.74, 6) is 1.63. The Balaban J connectivity index is 2.63. The second kappa shape index (κ2) is 3.09. The van der Waals surface area contributed by atoms with Gasteiger partial charge in [0, 0.05) is 20.0 Å². The van der Waals surface area contributed by atoms with E-state index < -0.39 is 0 Å². The first kappa shape index (κ1) is 8.33. The van der Waals surface area contributed by atoms with Crippen LogP contribution in [-0.4, -0.2) is 30.1 Å². The molecule has 0 aromatic rings. The average Bonchev–Trinajstić information content (AvgIpc) is 2.28. The Kier molecular flexibility index (Phi) is 2.34. The first-order valence-corrected chi connectivity index (χ1v) is 3.97. The monoisotopic (exact) mass is 156 g/mol. The van der Waals surface area contributed by atoms with Gasteiger partial charge < -0.3 is 0 Å². The molecule has 4 nitrogen and oxygen atoms in total. The van der Waals surface area contributed by atoms with Gasteiger partial charge in [-0.15, -0.1) is 10.6 Å². The Morgan fingerprint density at radius 2 is 2.18 bits per heavy atom. The molecule has 0 aromatic carbocycles. The minimum absolute atomic E-state index is 0.525. The van der Waals surface area contributed by atoms with Gasteiger partial charge in [-0.1, -0.05) is 13.8 Å². The van der Waals surface area contributed by atoms with E-state index in [0.29, 0.717) is 5.92 Å². The minimum Gasteiger partial charge on any atom is -0.278 e. The topological polar surface area (TPSA) is 30.9 Å². The maximum Gasteiger partial charge on any atom is 0.144 e. The molecule has 64 valence electrons. The van der Waals surface area contributed by atoms with Crippen molar-refractivity contribution < 1.29 is 0 Å². The van der Waals surface area contributed by atoms with E-state index in [2.05, 4.69) is 24.5 Å². The van der Waals surface area contributed by atoms with Crippen LogP contribution in [0.15, 0.2) is 5.10 Å². The van der Waals surface area contributed by atoms with E-state index in [0.717, 1.165) is 12.3 Å². The number of hydrazone groups is 1. The SMILES string of the molecule is CCC(C)C1=NN(C)NN1C. The van der Waals surface area contributed by atoms with E-state index in [-0.39, 0.29) is 0 Å². The number of amidine groups is 1. The smallest absolute Gasteiger partial charge is 0.144 e. The summed E-state index contributed by atoms with van der Waals surface area (Å²) < 4.78 is 0. The van der Waals surface area contributed by atoms with Gasteiger partial charge in [-0.2, -0.15) is 0 Å². The molecule has 1 unspecified atom stereocenters. The Morgan fingerprint density at radius 3 is 2.55 bits per heavy atom. The highest BCUT2D eigenvalue weighted by atomic mass is 15.9. The van der Waals surface area contributed by atoms with Crippen molar-refractivity contribution in [3.8, 4) is 0 Å². The Labute approximate surface area is 67.8 Å². The zero-order valence-electron chi connectivity index (χ0n) is 7.63. The Bertz CT molecular complexity index is 166. The summed E-state index contributed by atoms with van der Waals surface area (Å²) in [6.07, 6.45) is 1.12. The van der Waals surface area contributed by atoms with Crippen LogP contribution in [0.25, 0.3) is 0 Å². The van der Waals surface area contributed by atoms with Crippen LogP contribution in [0.2, 0.25) is 0 Å². The second-order valence-corrected chi connectivity index (χ2v) is 2.95. The quantitative estimate of drug-likeness (QED) is 0.636. The molecule has 1 aliphatic heterocycles. The van der Waals surface area contributed by atoms with E-state index in [1.165, 1.54) is 0 Å². The van der Waals surface area contributed by atoms with Crippen molar-refractivity contribution >= 4 is 5.84 Å². The van der Waals surface area contributed by atoms with Crippen LogP contribution in [0.5, 0.6) is 0 Å². The summed E-state index contributed by atoms with van der Waals surface area (Å²) in [5.41, 5.74) is 3.04. The molecule has 0 radical (unpaired) electrons. The number of hydrogen-bond donors (Lipinski definition) is 1. The van der Waals surface area contributed by atoms with Gasteiger partial charge in [0.1, 0.15) is 5.84 Å². The normalized spacial score (nSPS) is 20.5. The lowest BCUT2D eigenvalue weighted by Crippen LogP contribution is -2.40. The third kappa shape index (κ3) is 1.63.